The monoisotopic (exact) mass is 315 g/mol. The molecule has 1 aliphatic heterocycles. The maximum atomic E-state index is 10.2. The Morgan fingerprint density at radius 2 is 1.91 bits per heavy atom. The van der Waals surface area contributed by atoms with E-state index in [4.69, 9.17) is 0 Å². The zero-order chi connectivity index (χ0) is 15.0. The summed E-state index contributed by atoms with van der Waals surface area (Å²) in [5.74, 6) is 0. The van der Waals surface area contributed by atoms with E-state index in [9.17, 15) is 5.11 Å². The van der Waals surface area contributed by atoms with E-state index in [0.29, 0.717) is 0 Å². The Morgan fingerprint density at radius 1 is 1.09 bits per heavy atom. The fourth-order valence-electron chi connectivity index (χ4n) is 4.41. The summed E-state index contributed by atoms with van der Waals surface area (Å²) in [6.07, 6.45) is 8.48. The lowest BCUT2D eigenvalue weighted by atomic mass is 9.78. The number of piperidine rings is 1. The predicted octanol–water partition coefficient (Wildman–Crippen LogP) is 4.52. The Balaban J connectivity index is 1.76. The SMILES string of the molecule is O[C@@H]1CCCN(C2(c3cc4ccccc4s3)CCCCC2)C1. The van der Waals surface area contributed by atoms with Crippen molar-refractivity contribution < 1.29 is 5.11 Å². The smallest absolute Gasteiger partial charge is 0.0667 e. The molecule has 1 saturated heterocycles. The average molecular weight is 315 g/mol. The highest BCUT2D eigenvalue weighted by atomic mass is 32.1. The van der Waals surface area contributed by atoms with Crippen molar-refractivity contribution in [1.29, 1.82) is 0 Å². The number of fused-ring (bicyclic) bond motifs is 1. The summed E-state index contributed by atoms with van der Waals surface area (Å²) in [6, 6.07) is 11.2. The third kappa shape index (κ3) is 2.49. The number of hydrogen-bond acceptors (Lipinski definition) is 3. The summed E-state index contributed by atoms with van der Waals surface area (Å²) >= 11 is 1.97. The van der Waals surface area contributed by atoms with E-state index >= 15 is 0 Å². The normalized spacial score (nSPS) is 26.3. The summed E-state index contributed by atoms with van der Waals surface area (Å²) in [7, 11) is 0. The van der Waals surface area contributed by atoms with Crippen LogP contribution < -0.4 is 0 Å². The van der Waals surface area contributed by atoms with Gasteiger partial charge in [-0.25, -0.2) is 0 Å². The van der Waals surface area contributed by atoms with Crippen LogP contribution in [-0.4, -0.2) is 29.2 Å². The summed E-state index contributed by atoms with van der Waals surface area (Å²) in [6.45, 7) is 2.00. The summed E-state index contributed by atoms with van der Waals surface area (Å²) in [5, 5.41) is 11.6. The van der Waals surface area contributed by atoms with Crippen LogP contribution in [0.25, 0.3) is 10.1 Å². The van der Waals surface area contributed by atoms with Gasteiger partial charge in [0.05, 0.1) is 11.6 Å². The van der Waals surface area contributed by atoms with Gasteiger partial charge in [-0.2, -0.15) is 0 Å². The largest absolute Gasteiger partial charge is 0.392 e. The average Bonchev–Trinajstić information content (AvgIpc) is 3.00. The molecule has 2 fully saturated rings. The van der Waals surface area contributed by atoms with Gasteiger partial charge in [0, 0.05) is 16.1 Å². The Bertz CT molecular complexity index is 611. The Labute approximate surface area is 136 Å². The van der Waals surface area contributed by atoms with Gasteiger partial charge < -0.3 is 5.11 Å². The molecule has 2 aliphatic rings. The highest BCUT2D eigenvalue weighted by Crippen LogP contribution is 2.47. The fraction of sp³-hybridized carbons (Fsp3) is 0.579. The van der Waals surface area contributed by atoms with Crippen molar-refractivity contribution >= 4 is 21.4 Å². The number of β-amino-alcohol motifs (C(OH)–C–C–N with tert-alkyl or cyclic N) is 1. The summed E-state index contributed by atoms with van der Waals surface area (Å²) in [4.78, 5) is 4.15. The van der Waals surface area contributed by atoms with Crippen molar-refractivity contribution in [2.24, 2.45) is 0 Å². The lowest BCUT2D eigenvalue weighted by molar-refractivity contribution is -0.0193. The fourth-order valence-corrected chi connectivity index (χ4v) is 5.75. The van der Waals surface area contributed by atoms with Crippen molar-refractivity contribution in [2.75, 3.05) is 13.1 Å². The molecule has 4 rings (SSSR count). The number of thiophene rings is 1. The number of aliphatic hydroxyl groups is 1. The van der Waals surface area contributed by atoms with Gasteiger partial charge in [-0.3, -0.25) is 4.90 Å². The second kappa shape index (κ2) is 5.95. The van der Waals surface area contributed by atoms with E-state index in [1.807, 2.05) is 11.3 Å². The topological polar surface area (TPSA) is 23.5 Å². The number of likely N-dealkylation sites (tertiary alicyclic amines) is 1. The molecule has 22 heavy (non-hydrogen) atoms. The van der Waals surface area contributed by atoms with Gasteiger partial charge in [-0.15, -0.1) is 11.3 Å². The predicted molar refractivity (Wildman–Crippen MR) is 93.4 cm³/mol. The molecule has 1 N–H and O–H groups in total. The maximum absolute atomic E-state index is 10.2. The van der Waals surface area contributed by atoms with E-state index in [0.717, 1.165) is 25.9 Å². The molecule has 1 aliphatic carbocycles. The number of hydrogen-bond donors (Lipinski definition) is 1. The van der Waals surface area contributed by atoms with Crippen molar-refractivity contribution in [3.05, 3.63) is 35.2 Å². The Kier molecular flexibility index (Phi) is 3.97. The molecule has 1 saturated carbocycles. The molecule has 2 nitrogen and oxygen atoms in total. The number of aliphatic hydroxyl groups excluding tert-OH is 1. The molecule has 1 aromatic carbocycles. The first-order valence-corrected chi connectivity index (χ1v) is 9.52. The van der Waals surface area contributed by atoms with Crippen molar-refractivity contribution in [1.82, 2.24) is 4.90 Å². The van der Waals surface area contributed by atoms with Gasteiger partial charge in [0.15, 0.2) is 0 Å². The molecule has 118 valence electrons. The van der Waals surface area contributed by atoms with Crippen LogP contribution in [0.4, 0.5) is 0 Å². The first kappa shape index (κ1) is 14.7. The quantitative estimate of drug-likeness (QED) is 0.881. The first-order valence-electron chi connectivity index (χ1n) is 8.70. The highest BCUT2D eigenvalue weighted by molar-refractivity contribution is 7.19. The molecule has 2 aromatic rings. The summed E-state index contributed by atoms with van der Waals surface area (Å²) < 4.78 is 1.40. The molecular weight excluding hydrogens is 290 g/mol. The molecular formula is C19H25NOS. The number of nitrogens with zero attached hydrogens (tertiary/aromatic N) is 1. The Hall–Kier alpha value is -0.900. The molecule has 0 radical (unpaired) electrons. The van der Waals surface area contributed by atoms with Crippen LogP contribution in [0.5, 0.6) is 0 Å². The van der Waals surface area contributed by atoms with Crippen LogP contribution in [-0.2, 0) is 5.54 Å². The molecule has 0 unspecified atom stereocenters. The minimum absolute atomic E-state index is 0.137. The van der Waals surface area contributed by atoms with Gasteiger partial charge in [-0.05, 0) is 49.7 Å². The van der Waals surface area contributed by atoms with Crippen LogP contribution in [0.15, 0.2) is 30.3 Å². The molecule has 3 heteroatoms. The minimum atomic E-state index is -0.137. The molecule has 0 bridgehead atoms. The van der Waals surface area contributed by atoms with Crippen LogP contribution in [0.3, 0.4) is 0 Å². The van der Waals surface area contributed by atoms with Gasteiger partial charge in [-0.1, -0.05) is 37.5 Å². The van der Waals surface area contributed by atoms with E-state index in [2.05, 4.69) is 35.2 Å². The maximum Gasteiger partial charge on any atom is 0.0667 e. The zero-order valence-electron chi connectivity index (χ0n) is 13.1. The van der Waals surface area contributed by atoms with Crippen molar-refractivity contribution in [3.63, 3.8) is 0 Å². The van der Waals surface area contributed by atoms with Crippen LogP contribution in [0, 0.1) is 0 Å². The first-order chi connectivity index (χ1) is 10.8. The van der Waals surface area contributed by atoms with Crippen LogP contribution in [0.1, 0.15) is 49.8 Å². The van der Waals surface area contributed by atoms with Gasteiger partial charge in [0.25, 0.3) is 0 Å². The van der Waals surface area contributed by atoms with Crippen LogP contribution >= 0.6 is 11.3 Å². The van der Waals surface area contributed by atoms with Crippen molar-refractivity contribution in [2.45, 2.75) is 56.6 Å². The lowest BCUT2D eigenvalue weighted by Crippen LogP contribution is -2.52. The lowest BCUT2D eigenvalue weighted by Gasteiger charge is -2.48. The van der Waals surface area contributed by atoms with E-state index in [1.54, 1.807) is 0 Å². The highest BCUT2D eigenvalue weighted by Gasteiger charge is 2.42. The van der Waals surface area contributed by atoms with E-state index < -0.39 is 0 Å². The number of benzene rings is 1. The summed E-state index contributed by atoms with van der Waals surface area (Å²) in [5.41, 5.74) is 0.184. The standard InChI is InChI=1S/C19H25NOS/c21-16-8-6-12-20(14-16)19(10-4-1-5-11-19)18-13-15-7-2-3-9-17(15)22-18/h2-3,7,9,13,16,21H,1,4-6,8,10-12,14H2/t16-/m1/s1. The zero-order valence-corrected chi connectivity index (χ0v) is 13.9. The van der Waals surface area contributed by atoms with Gasteiger partial charge in [0.1, 0.15) is 0 Å². The second-order valence-corrected chi connectivity index (χ2v) is 8.07. The molecule has 1 atom stereocenters. The van der Waals surface area contributed by atoms with E-state index in [1.165, 1.54) is 47.1 Å². The van der Waals surface area contributed by atoms with Crippen LogP contribution in [0.2, 0.25) is 0 Å². The third-order valence-corrected chi connectivity index (χ3v) is 6.88. The third-order valence-electron chi connectivity index (χ3n) is 5.57. The van der Waals surface area contributed by atoms with Gasteiger partial charge in [0.2, 0.25) is 0 Å². The molecule has 0 amide bonds. The second-order valence-electron chi connectivity index (χ2n) is 6.98. The number of rotatable bonds is 2. The van der Waals surface area contributed by atoms with E-state index in [-0.39, 0.29) is 11.6 Å². The Morgan fingerprint density at radius 3 is 2.68 bits per heavy atom. The molecule has 1 aromatic heterocycles. The minimum Gasteiger partial charge on any atom is -0.392 e. The van der Waals surface area contributed by atoms with Gasteiger partial charge >= 0.3 is 0 Å². The van der Waals surface area contributed by atoms with Crippen molar-refractivity contribution in [3.8, 4) is 0 Å². The molecule has 0 spiro atoms. The molecule has 2 heterocycles.